The van der Waals surface area contributed by atoms with Gasteiger partial charge in [-0.25, -0.2) is 4.98 Å². The van der Waals surface area contributed by atoms with Crippen LogP contribution in [-0.4, -0.2) is 33.0 Å². The number of imidazole rings is 1. The smallest absolute Gasteiger partial charge is 0.244 e. The van der Waals surface area contributed by atoms with Crippen LogP contribution in [0.15, 0.2) is 17.7 Å². The van der Waals surface area contributed by atoms with Crippen LogP contribution in [0.25, 0.3) is 11.0 Å². The summed E-state index contributed by atoms with van der Waals surface area (Å²) in [7, 11) is 0. The lowest BCUT2D eigenvalue weighted by Crippen LogP contribution is -2.33. The Kier molecular flexibility index (Phi) is 4.00. The highest BCUT2D eigenvalue weighted by Gasteiger charge is 2.09. The number of rotatable bonds is 4. The van der Waals surface area contributed by atoms with Crippen LogP contribution in [0.3, 0.4) is 0 Å². The van der Waals surface area contributed by atoms with Gasteiger partial charge in [-0.2, -0.15) is 0 Å². The zero-order chi connectivity index (χ0) is 13.1. The Bertz CT molecular complexity index is 590. The van der Waals surface area contributed by atoms with Gasteiger partial charge in [-0.1, -0.05) is 11.6 Å². The maximum absolute atomic E-state index is 11.5. The lowest BCUT2D eigenvalue weighted by Gasteiger charge is -2.07. The fraction of sp³-hybridized carbons (Fsp3) is 0.273. The van der Waals surface area contributed by atoms with E-state index in [1.165, 1.54) is 17.4 Å². The molecule has 0 bridgehead atoms. The standard InChI is InChI=1S/C11H12ClN3O2S/c1-7(6-16)13-9(17)3-2-8-10(12)14-11-15(8)4-5-18-11/h2-5,7,16H,6H2,1H3,(H,13,17)/b3-2+/t7-/m0/s1. The molecule has 0 aliphatic heterocycles. The summed E-state index contributed by atoms with van der Waals surface area (Å²) >= 11 is 7.45. The molecule has 2 N–H and O–H groups in total. The first-order chi connectivity index (χ1) is 8.61. The van der Waals surface area contributed by atoms with Crippen LogP contribution < -0.4 is 5.32 Å². The monoisotopic (exact) mass is 285 g/mol. The lowest BCUT2D eigenvalue weighted by molar-refractivity contribution is -0.117. The van der Waals surface area contributed by atoms with Crippen molar-refractivity contribution in [3.63, 3.8) is 0 Å². The Morgan fingerprint density at radius 3 is 3.28 bits per heavy atom. The maximum Gasteiger partial charge on any atom is 0.244 e. The van der Waals surface area contributed by atoms with Crippen LogP contribution in [0.2, 0.25) is 5.15 Å². The number of fused-ring (bicyclic) bond motifs is 1. The Morgan fingerprint density at radius 2 is 2.56 bits per heavy atom. The van der Waals surface area contributed by atoms with Gasteiger partial charge in [-0.3, -0.25) is 9.20 Å². The van der Waals surface area contributed by atoms with Gasteiger partial charge in [-0.15, -0.1) is 11.3 Å². The molecule has 5 nitrogen and oxygen atoms in total. The van der Waals surface area contributed by atoms with E-state index in [0.717, 1.165) is 4.96 Å². The maximum atomic E-state index is 11.5. The summed E-state index contributed by atoms with van der Waals surface area (Å²) in [6, 6.07) is -0.274. The minimum atomic E-state index is -0.280. The number of aliphatic hydroxyl groups excluding tert-OH is 1. The van der Waals surface area contributed by atoms with E-state index in [0.29, 0.717) is 10.8 Å². The molecule has 18 heavy (non-hydrogen) atoms. The van der Waals surface area contributed by atoms with Crippen molar-refractivity contribution in [2.24, 2.45) is 0 Å². The molecule has 0 radical (unpaired) electrons. The molecule has 0 aliphatic rings. The molecular weight excluding hydrogens is 274 g/mol. The van der Waals surface area contributed by atoms with E-state index >= 15 is 0 Å². The first-order valence-corrected chi connectivity index (χ1v) is 6.58. The van der Waals surface area contributed by atoms with Crippen molar-refractivity contribution in [3.8, 4) is 0 Å². The first kappa shape index (κ1) is 13.1. The summed E-state index contributed by atoms with van der Waals surface area (Å²) in [4.78, 5) is 16.4. The number of carbonyl (C=O) groups excluding carboxylic acids is 1. The first-order valence-electron chi connectivity index (χ1n) is 5.32. The summed E-state index contributed by atoms with van der Waals surface area (Å²) in [6.45, 7) is 1.62. The Labute approximate surface area is 113 Å². The third-order valence-corrected chi connectivity index (χ3v) is 3.34. The predicted molar refractivity (Wildman–Crippen MR) is 71.8 cm³/mol. The molecule has 0 aromatic carbocycles. The zero-order valence-electron chi connectivity index (χ0n) is 9.63. The number of aromatic nitrogens is 2. The normalized spacial score (nSPS) is 13.3. The van der Waals surface area contributed by atoms with Gasteiger partial charge in [0.15, 0.2) is 10.1 Å². The van der Waals surface area contributed by atoms with Crippen LogP contribution in [0.5, 0.6) is 0 Å². The minimum absolute atomic E-state index is 0.0954. The van der Waals surface area contributed by atoms with E-state index < -0.39 is 0 Å². The van der Waals surface area contributed by atoms with Gasteiger partial charge >= 0.3 is 0 Å². The number of halogens is 1. The topological polar surface area (TPSA) is 66.6 Å². The van der Waals surface area contributed by atoms with Crippen LogP contribution in [0, 0.1) is 0 Å². The molecule has 1 atom stereocenters. The van der Waals surface area contributed by atoms with Crippen molar-refractivity contribution in [1.29, 1.82) is 0 Å². The fourth-order valence-corrected chi connectivity index (χ4v) is 2.42. The third-order valence-electron chi connectivity index (χ3n) is 2.31. The average Bonchev–Trinajstić information content (AvgIpc) is 2.87. The quantitative estimate of drug-likeness (QED) is 0.838. The van der Waals surface area contributed by atoms with Gasteiger partial charge in [-0.05, 0) is 13.0 Å². The van der Waals surface area contributed by atoms with Gasteiger partial charge in [0, 0.05) is 23.7 Å². The molecule has 0 saturated heterocycles. The second kappa shape index (κ2) is 5.51. The van der Waals surface area contributed by atoms with Gasteiger partial charge in [0.25, 0.3) is 0 Å². The van der Waals surface area contributed by atoms with E-state index in [9.17, 15) is 4.79 Å². The summed E-state index contributed by atoms with van der Waals surface area (Å²) < 4.78 is 1.81. The van der Waals surface area contributed by atoms with Crippen LogP contribution in [-0.2, 0) is 4.79 Å². The third kappa shape index (κ3) is 2.72. The van der Waals surface area contributed by atoms with Crippen LogP contribution in [0.1, 0.15) is 12.6 Å². The Balaban J connectivity index is 2.15. The largest absolute Gasteiger partial charge is 0.394 e. The molecule has 1 amide bonds. The molecule has 96 valence electrons. The van der Waals surface area contributed by atoms with E-state index in [1.807, 2.05) is 16.0 Å². The molecule has 2 rings (SSSR count). The predicted octanol–water partition coefficient (Wildman–Crippen LogP) is 1.56. The minimum Gasteiger partial charge on any atom is -0.394 e. The number of carbonyl (C=O) groups is 1. The van der Waals surface area contributed by atoms with Crippen molar-refractivity contribution in [2.75, 3.05) is 6.61 Å². The summed E-state index contributed by atoms with van der Waals surface area (Å²) in [5, 5.41) is 13.7. The number of hydrogen-bond acceptors (Lipinski definition) is 4. The number of thiazole rings is 1. The highest BCUT2D eigenvalue weighted by atomic mass is 35.5. The Hall–Kier alpha value is -1.37. The van der Waals surface area contributed by atoms with Gasteiger partial charge in [0.1, 0.15) is 0 Å². The number of aliphatic hydroxyl groups is 1. The fourth-order valence-electron chi connectivity index (χ4n) is 1.42. The van der Waals surface area contributed by atoms with E-state index in [4.69, 9.17) is 16.7 Å². The van der Waals surface area contributed by atoms with Crippen molar-refractivity contribution in [1.82, 2.24) is 14.7 Å². The molecule has 7 heteroatoms. The molecule has 0 spiro atoms. The lowest BCUT2D eigenvalue weighted by atomic mass is 10.3. The summed E-state index contributed by atoms with van der Waals surface area (Å²) in [6.07, 6.45) is 4.82. The van der Waals surface area contributed by atoms with Crippen molar-refractivity contribution in [2.45, 2.75) is 13.0 Å². The molecule has 2 aromatic rings. The van der Waals surface area contributed by atoms with E-state index in [1.54, 1.807) is 13.0 Å². The molecular formula is C11H12ClN3O2S. The van der Waals surface area contributed by atoms with Gasteiger partial charge < -0.3 is 10.4 Å². The zero-order valence-corrected chi connectivity index (χ0v) is 11.2. The second-order valence-corrected chi connectivity index (χ2v) is 5.00. The van der Waals surface area contributed by atoms with Gasteiger partial charge in [0.05, 0.1) is 12.3 Å². The molecule has 2 heterocycles. The Morgan fingerprint density at radius 1 is 1.78 bits per heavy atom. The van der Waals surface area contributed by atoms with Crippen LogP contribution in [0.4, 0.5) is 0 Å². The average molecular weight is 286 g/mol. The number of nitrogens with one attached hydrogen (secondary N) is 1. The molecule has 0 saturated carbocycles. The van der Waals surface area contributed by atoms with Crippen molar-refractivity contribution >= 4 is 39.9 Å². The highest BCUT2D eigenvalue weighted by molar-refractivity contribution is 7.15. The number of nitrogens with zero attached hydrogens (tertiary/aromatic N) is 2. The van der Waals surface area contributed by atoms with E-state index in [-0.39, 0.29) is 18.6 Å². The van der Waals surface area contributed by atoms with Crippen molar-refractivity contribution in [3.05, 3.63) is 28.5 Å². The molecule has 0 aliphatic carbocycles. The second-order valence-electron chi connectivity index (χ2n) is 3.77. The highest BCUT2D eigenvalue weighted by Crippen LogP contribution is 2.22. The molecule has 2 aromatic heterocycles. The number of amides is 1. The number of hydrogen-bond donors (Lipinski definition) is 2. The SMILES string of the molecule is C[C@@H](CO)NC(=O)/C=C/c1c(Cl)nc2sccn12. The van der Waals surface area contributed by atoms with E-state index in [2.05, 4.69) is 10.3 Å². The van der Waals surface area contributed by atoms with Gasteiger partial charge in [0.2, 0.25) is 5.91 Å². The van der Waals surface area contributed by atoms with Crippen molar-refractivity contribution < 1.29 is 9.90 Å². The summed E-state index contributed by atoms with van der Waals surface area (Å²) in [5.74, 6) is -0.280. The summed E-state index contributed by atoms with van der Waals surface area (Å²) in [5.41, 5.74) is 0.666. The molecule has 0 unspecified atom stereocenters. The molecule has 0 fully saturated rings. The van der Waals surface area contributed by atoms with Crippen LogP contribution >= 0.6 is 22.9 Å².